The topological polar surface area (TPSA) is 89.4 Å². The van der Waals surface area contributed by atoms with Gasteiger partial charge in [0.25, 0.3) is 5.69 Å². The molecule has 18 heavy (non-hydrogen) atoms. The molecule has 1 atom stereocenters. The smallest absolute Gasteiger partial charge is 0.394 e. The van der Waals surface area contributed by atoms with Crippen LogP contribution in [0.1, 0.15) is 18.1 Å². The van der Waals surface area contributed by atoms with E-state index in [4.69, 9.17) is 10.8 Å². The third-order valence-electron chi connectivity index (χ3n) is 2.44. The Morgan fingerprint density at radius 1 is 1.33 bits per heavy atom. The van der Waals surface area contributed by atoms with Crippen LogP contribution < -0.4 is 5.73 Å². The average Bonchev–Trinajstić information content (AvgIpc) is 2.27. The Hall–Kier alpha value is -1.67. The minimum absolute atomic E-state index is 0.147. The highest BCUT2D eigenvalue weighted by molar-refractivity contribution is 5.43. The molecule has 1 unspecified atom stereocenters. The van der Waals surface area contributed by atoms with Crippen LogP contribution in [0.2, 0.25) is 0 Å². The van der Waals surface area contributed by atoms with E-state index in [0.717, 1.165) is 6.07 Å². The summed E-state index contributed by atoms with van der Waals surface area (Å²) in [5.74, 6) is 0. The largest absolute Gasteiger partial charge is 0.416 e. The first-order chi connectivity index (χ1) is 8.08. The third-order valence-corrected chi connectivity index (χ3v) is 2.44. The number of alkyl halides is 3. The van der Waals surface area contributed by atoms with Crippen molar-refractivity contribution < 1.29 is 23.2 Å². The van der Waals surface area contributed by atoms with Gasteiger partial charge in [0.05, 0.1) is 22.6 Å². The molecule has 0 amide bonds. The van der Waals surface area contributed by atoms with E-state index in [1.54, 1.807) is 0 Å². The van der Waals surface area contributed by atoms with Crippen LogP contribution >= 0.6 is 0 Å². The van der Waals surface area contributed by atoms with Crippen molar-refractivity contribution in [2.45, 2.75) is 18.6 Å². The lowest BCUT2D eigenvalue weighted by molar-refractivity contribution is -0.385. The number of hydrogen-bond acceptors (Lipinski definition) is 4. The second-order valence-corrected chi connectivity index (χ2v) is 4.10. The zero-order valence-corrected chi connectivity index (χ0v) is 9.36. The van der Waals surface area contributed by atoms with E-state index in [-0.39, 0.29) is 5.56 Å². The Labute approximate surface area is 100 Å². The number of nitrogens with zero attached hydrogens (tertiary/aromatic N) is 1. The van der Waals surface area contributed by atoms with Crippen molar-refractivity contribution in [3.05, 3.63) is 39.4 Å². The standard InChI is InChI=1S/C10H11F3N2O3/c1-9(14,5-16)6-2-7(10(11,12)13)4-8(3-6)15(17)18/h2-4,16H,5,14H2,1H3. The van der Waals surface area contributed by atoms with Gasteiger partial charge < -0.3 is 10.8 Å². The van der Waals surface area contributed by atoms with Gasteiger partial charge in [-0.25, -0.2) is 0 Å². The van der Waals surface area contributed by atoms with Crippen LogP contribution in [-0.4, -0.2) is 16.6 Å². The normalized spacial score (nSPS) is 15.2. The minimum atomic E-state index is -4.72. The summed E-state index contributed by atoms with van der Waals surface area (Å²) in [6.45, 7) is 0.650. The molecule has 100 valence electrons. The number of nitro groups is 1. The number of aliphatic hydroxyl groups excluding tert-OH is 1. The van der Waals surface area contributed by atoms with Crippen molar-refractivity contribution in [3.8, 4) is 0 Å². The third kappa shape index (κ3) is 2.96. The van der Waals surface area contributed by atoms with Gasteiger partial charge in [0.1, 0.15) is 0 Å². The maximum Gasteiger partial charge on any atom is 0.416 e. The molecule has 0 saturated heterocycles. The number of nitrogens with two attached hydrogens (primary N) is 1. The molecular weight excluding hydrogens is 253 g/mol. The molecule has 0 aromatic heterocycles. The summed E-state index contributed by atoms with van der Waals surface area (Å²) in [4.78, 5) is 9.64. The Balaban J connectivity index is 3.46. The highest BCUT2D eigenvalue weighted by Gasteiger charge is 2.34. The van der Waals surface area contributed by atoms with Crippen molar-refractivity contribution in [2.24, 2.45) is 5.73 Å². The van der Waals surface area contributed by atoms with E-state index in [1.165, 1.54) is 6.92 Å². The van der Waals surface area contributed by atoms with Gasteiger partial charge in [-0.2, -0.15) is 13.2 Å². The van der Waals surface area contributed by atoms with Gasteiger partial charge in [0.2, 0.25) is 0 Å². The van der Waals surface area contributed by atoms with Crippen molar-refractivity contribution in [1.82, 2.24) is 0 Å². The number of aliphatic hydroxyl groups is 1. The number of non-ortho nitro benzene ring substituents is 1. The summed E-state index contributed by atoms with van der Waals surface area (Å²) in [5, 5.41) is 19.6. The molecule has 0 bridgehead atoms. The van der Waals surface area contributed by atoms with Crippen LogP contribution in [0.5, 0.6) is 0 Å². The second-order valence-electron chi connectivity index (χ2n) is 4.10. The summed E-state index contributed by atoms with van der Waals surface area (Å²) in [6.07, 6.45) is -4.72. The van der Waals surface area contributed by atoms with Gasteiger partial charge in [0, 0.05) is 12.1 Å². The van der Waals surface area contributed by atoms with Crippen molar-refractivity contribution in [3.63, 3.8) is 0 Å². The van der Waals surface area contributed by atoms with Crippen LogP contribution in [0.4, 0.5) is 18.9 Å². The van der Waals surface area contributed by atoms with Crippen LogP contribution in [0, 0.1) is 10.1 Å². The van der Waals surface area contributed by atoms with Crippen LogP contribution in [0.25, 0.3) is 0 Å². The van der Waals surface area contributed by atoms with E-state index in [1.807, 2.05) is 0 Å². The lowest BCUT2D eigenvalue weighted by Gasteiger charge is -2.23. The van der Waals surface area contributed by atoms with Gasteiger partial charge in [-0.3, -0.25) is 10.1 Å². The molecule has 1 aromatic carbocycles. The fourth-order valence-corrected chi connectivity index (χ4v) is 1.30. The van der Waals surface area contributed by atoms with E-state index in [9.17, 15) is 23.3 Å². The Morgan fingerprint density at radius 2 is 1.83 bits per heavy atom. The van der Waals surface area contributed by atoms with Gasteiger partial charge in [-0.1, -0.05) is 0 Å². The first-order valence-electron chi connectivity index (χ1n) is 4.85. The first kappa shape index (κ1) is 14.4. The summed E-state index contributed by atoms with van der Waals surface area (Å²) < 4.78 is 37.7. The maximum atomic E-state index is 12.6. The highest BCUT2D eigenvalue weighted by atomic mass is 19.4. The summed E-state index contributed by atoms with van der Waals surface area (Å²) >= 11 is 0. The summed E-state index contributed by atoms with van der Waals surface area (Å²) in [5.41, 5.74) is 2.06. The average molecular weight is 264 g/mol. The molecule has 0 aliphatic carbocycles. The molecule has 1 rings (SSSR count). The van der Waals surface area contributed by atoms with Crippen molar-refractivity contribution in [2.75, 3.05) is 6.61 Å². The van der Waals surface area contributed by atoms with Crippen LogP contribution in [0.3, 0.4) is 0 Å². The lowest BCUT2D eigenvalue weighted by Crippen LogP contribution is -2.37. The van der Waals surface area contributed by atoms with Gasteiger partial charge in [-0.15, -0.1) is 0 Å². The number of nitro benzene ring substituents is 1. The number of halogens is 3. The molecule has 0 aliphatic heterocycles. The van der Waals surface area contributed by atoms with Gasteiger partial charge in [-0.05, 0) is 18.6 Å². The van der Waals surface area contributed by atoms with Crippen LogP contribution in [0.15, 0.2) is 18.2 Å². The van der Waals surface area contributed by atoms with Gasteiger partial charge >= 0.3 is 6.18 Å². The maximum absolute atomic E-state index is 12.6. The van der Waals surface area contributed by atoms with E-state index >= 15 is 0 Å². The molecular formula is C10H11F3N2O3. The predicted molar refractivity (Wildman–Crippen MR) is 56.7 cm³/mol. The lowest BCUT2D eigenvalue weighted by atomic mass is 9.92. The number of hydrogen-bond donors (Lipinski definition) is 2. The van der Waals surface area contributed by atoms with Crippen molar-refractivity contribution in [1.29, 1.82) is 0 Å². The molecule has 5 nitrogen and oxygen atoms in total. The SMILES string of the molecule is CC(N)(CO)c1cc([N+](=O)[O-])cc(C(F)(F)F)c1. The quantitative estimate of drug-likeness (QED) is 0.643. The minimum Gasteiger partial charge on any atom is -0.394 e. The second kappa shape index (κ2) is 4.54. The monoisotopic (exact) mass is 264 g/mol. The molecule has 0 fully saturated rings. The molecule has 0 heterocycles. The zero-order chi connectivity index (χ0) is 14.1. The van der Waals surface area contributed by atoms with E-state index in [0.29, 0.717) is 12.1 Å². The Bertz CT molecular complexity index is 472. The molecule has 0 aliphatic rings. The zero-order valence-electron chi connectivity index (χ0n) is 9.36. The molecule has 0 spiro atoms. The van der Waals surface area contributed by atoms with E-state index < -0.39 is 34.5 Å². The Morgan fingerprint density at radius 3 is 2.22 bits per heavy atom. The first-order valence-corrected chi connectivity index (χ1v) is 4.85. The van der Waals surface area contributed by atoms with E-state index in [2.05, 4.69) is 0 Å². The number of rotatable bonds is 3. The predicted octanol–water partition coefficient (Wildman–Crippen LogP) is 1.78. The van der Waals surface area contributed by atoms with Crippen LogP contribution in [-0.2, 0) is 11.7 Å². The van der Waals surface area contributed by atoms with Gasteiger partial charge in [0.15, 0.2) is 0 Å². The number of benzene rings is 1. The fraction of sp³-hybridized carbons (Fsp3) is 0.400. The summed E-state index contributed by atoms with van der Waals surface area (Å²) in [6, 6.07) is 2.05. The highest BCUT2D eigenvalue weighted by Crippen LogP contribution is 2.34. The molecule has 0 radical (unpaired) electrons. The molecule has 8 heteroatoms. The van der Waals surface area contributed by atoms with Crippen molar-refractivity contribution >= 4 is 5.69 Å². The molecule has 0 saturated carbocycles. The molecule has 1 aromatic rings. The Kier molecular flexibility index (Phi) is 3.63. The molecule has 3 N–H and O–H groups in total. The summed E-state index contributed by atoms with van der Waals surface area (Å²) in [7, 11) is 0. The fourth-order valence-electron chi connectivity index (χ4n) is 1.30.